The van der Waals surface area contributed by atoms with Gasteiger partial charge in [-0.1, -0.05) is 31.7 Å². The van der Waals surface area contributed by atoms with Crippen LogP contribution in [-0.2, 0) is 16.0 Å². The van der Waals surface area contributed by atoms with E-state index in [9.17, 15) is 4.79 Å². The quantitative estimate of drug-likeness (QED) is 0.523. The van der Waals surface area contributed by atoms with Gasteiger partial charge in [0.05, 0.1) is 18.4 Å². The van der Waals surface area contributed by atoms with Crippen molar-refractivity contribution >= 4 is 17.6 Å². The van der Waals surface area contributed by atoms with Crippen molar-refractivity contribution in [3.8, 4) is 11.1 Å². The number of anilines is 1. The van der Waals surface area contributed by atoms with Crippen LogP contribution >= 0.6 is 0 Å². The lowest BCUT2D eigenvalue weighted by Gasteiger charge is -2.31. The number of aryl methyl sites for hydroxylation is 1. The Morgan fingerprint density at radius 1 is 1.24 bits per heavy atom. The lowest BCUT2D eigenvalue weighted by atomic mass is 10.0. The predicted octanol–water partition coefficient (Wildman–Crippen LogP) is 3.22. The minimum absolute atomic E-state index is 0. The topological polar surface area (TPSA) is 105 Å². The van der Waals surface area contributed by atoms with Gasteiger partial charge >= 0.3 is 0 Å². The van der Waals surface area contributed by atoms with E-state index < -0.39 is 0 Å². The number of nitrogens with two attached hydrogens (primary N) is 1. The molecule has 0 amide bonds. The van der Waals surface area contributed by atoms with E-state index in [0.29, 0.717) is 18.9 Å². The highest BCUT2D eigenvalue weighted by Crippen LogP contribution is 2.22. The lowest BCUT2D eigenvalue weighted by Crippen LogP contribution is -2.37. The molecule has 1 aliphatic heterocycles. The molecule has 0 aliphatic carbocycles. The minimum atomic E-state index is -0.0811. The third-order valence-electron chi connectivity index (χ3n) is 5.04. The molecule has 7 heteroatoms. The summed E-state index contributed by atoms with van der Waals surface area (Å²) >= 11 is 0. The van der Waals surface area contributed by atoms with Crippen molar-refractivity contribution in [1.82, 2.24) is 9.97 Å². The smallest absolute Gasteiger partial charge is 0.225 e. The van der Waals surface area contributed by atoms with Crippen LogP contribution < -0.4 is 10.6 Å². The Bertz CT molecular complexity index is 814. The van der Waals surface area contributed by atoms with Crippen molar-refractivity contribution in [3.05, 3.63) is 42.2 Å². The number of ketones is 1. The van der Waals surface area contributed by atoms with Gasteiger partial charge in [0.15, 0.2) is 0 Å². The summed E-state index contributed by atoms with van der Waals surface area (Å²) in [6.07, 6.45) is 7.06. The molecule has 3 N–H and O–H groups in total. The molecular weight excluding hydrogens is 366 g/mol. The lowest BCUT2D eigenvalue weighted by molar-refractivity contribution is -0.117. The van der Waals surface area contributed by atoms with E-state index >= 15 is 0 Å². The number of carbonyl (C=O) groups is 1. The highest BCUT2D eigenvalue weighted by molar-refractivity contribution is 5.98. The van der Waals surface area contributed by atoms with Crippen LogP contribution in [0.25, 0.3) is 11.1 Å². The maximum atomic E-state index is 11.8. The molecule has 29 heavy (non-hydrogen) atoms. The van der Waals surface area contributed by atoms with E-state index in [4.69, 9.17) is 15.9 Å². The van der Waals surface area contributed by atoms with Crippen LogP contribution in [-0.4, -0.2) is 47.9 Å². The van der Waals surface area contributed by atoms with Crippen LogP contribution in [0, 0.1) is 5.41 Å². The van der Waals surface area contributed by atoms with Gasteiger partial charge < -0.3 is 15.4 Å². The molecular formula is C22H31N5O2. The second-order valence-electron chi connectivity index (χ2n) is 7.13. The number of nitrogens with one attached hydrogen (secondary N) is 1. The molecule has 0 bridgehead atoms. The van der Waals surface area contributed by atoms with Crippen LogP contribution in [0.3, 0.4) is 0 Å². The second kappa shape index (κ2) is 10.7. The second-order valence-corrected chi connectivity index (χ2v) is 7.13. The summed E-state index contributed by atoms with van der Waals surface area (Å²) in [6.45, 7) is 1.81. The fourth-order valence-electron chi connectivity index (χ4n) is 3.42. The standard InChI is InChI=1S/C21H27N5O2.CH4/c1-28-19-7-9-26(10-8-19)21-24-13-17(14-25-21)16-4-2-3-15(11-16)5-6-18(27)12-20(22)23;/h2-4,11,13-14,19H,5-10,12H2,1H3,(H3,22,23);1H4. The molecule has 2 aromatic rings. The van der Waals surface area contributed by atoms with Gasteiger partial charge in [0, 0.05) is 44.6 Å². The molecule has 7 nitrogen and oxygen atoms in total. The van der Waals surface area contributed by atoms with Crippen molar-refractivity contribution in [3.63, 3.8) is 0 Å². The van der Waals surface area contributed by atoms with Crippen molar-refractivity contribution in [2.75, 3.05) is 25.1 Å². The number of benzene rings is 1. The van der Waals surface area contributed by atoms with E-state index in [-0.39, 0.29) is 25.5 Å². The van der Waals surface area contributed by atoms with Gasteiger partial charge in [-0.3, -0.25) is 10.2 Å². The van der Waals surface area contributed by atoms with Crippen LogP contribution in [0.2, 0.25) is 0 Å². The average Bonchev–Trinajstić information content (AvgIpc) is 2.72. The monoisotopic (exact) mass is 397 g/mol. The Labute approximate surface area is 172 Å². The molecule has 0 saturated carbocycles. The molecule has 156 valence electrons. The van der Waals surface area contributed by atoms with Crippen LogP contribution in [0.4, 0.5) is 5.95 Å². The Morgan fingerprint density at radius 3 is 2.55 bits per heavy atom. The number of aromatic nitrogens is 2. The Kier molecular flexibility index (Phi) is 8.27. The molecule has 3 rings (SSSR count). The van der Waals surface area contributed by atoms with Crippen molar-refractivity contribution in [1.29, 1.82) is 5.41 Å². The van der Waals surface area contributed by atoms with Crippen LogP contribution in [0.1, 0.15) is 38.7 Å². The number of piperidine rings is 1. The molecule has 1 aromatic heterocycles. The van der Waals surface area contributed by atoms with E-state index in [1.54, 1.807) is 7.11 Å². The molecule has 1 fully saturated rings. The average molecular weight is 398 g/mol. The number of rotatable bonds is 8. The van der Waals surface area contributed by atoms with Crippen LogP contribution in [0.5, 0.6) is 0 Å². The van der Waals surface area contributed by atoms with Crippen LogP contribution in [0.15, 0.2) is 36.7 Å². The van der Waals surface area contributed by atoms with E-state index in [1.165, 1.54) is 0 Å². The summed E-state index contributed by atoms with van der Waals surface area (Å²) in [5.41, 5.74) is 8.33. The van der Waals surface area contributed by atoms with Gasteiger partial charge in [0.2, 0.25) is 5.95 Å². The first-order valence-electron chi connectivity index (χ1n) is 9.59. The van der Waals surface area contributed by atoms with E-state index in [1.807, 2.05) is 30.6 Å². The fourth-order valence-corrected chi connectivity index (χ4v) is 3.42. The summed E-state index contributed by atoms with van der Waals surface area (Å²) in [7, 11) is 1.76. The van der Waals surface area contributed by atoms with Gasteiger partial charge in [-0.15, -0.1) is 0 Å². The Hall–Kier alpha value is -2.80. The zero-order chi connectivity index (χ0) is 19.9. The molecule has 1 aromatic carbocycles. The maximum Gasteiger partial charge on any atom is 0.225 e. The number of amidine groups is 1. The summed E-state index contributed by atoms with van der Waals surface area (Å²) in [4.78, 5) is 23.0. The predicted molar refractivity (Wildman–Crippen MR) is 116 cm³/mol. The highest BCUT2D eigenvalue weighted by Gasteiger charge is 2.20. The molecule has 0 spiro atoms. The first kappa shape index (κ1) is 22.5. The summed E-state index contributed by atoms with van der Waals surface area (Å²) in [6, 6.07) is 8.05. The zero-order valence-corrected chi connectivity index (χ0v) is 16.2. The number of nitrogens with zero attached hydrogens (tertiary/aromatic N) is 3. The Balaban J connectivity index is 0.00000300. The number of ether oxygens (including phenoxy) is 1. The number of methoxy groups -OCH3 is 1. The third-order valence-corrected chi connectivity index (χ3v) is 5.04. The van der Waals surface area contributed by atoms with Crippen molar-refractivity contribution in [2.24, 2.45) is 5.73 Å². The molecule has 0 atom stereocenters. The largest absolute Gasteiger partial charge is 0.387 e. The fraction of sp³-hybridized carbons (Fsp3) is 0.455. The minimum Gasteiger partial charge on any atom is -0.387 e. The molecule has 0 radical (unpaired) electrons. The molecule has 2 heterocycles. The number of Topliss-reactive ketones (excluding diaryl/α,β-unsaturated/α-hetero) is 1. The summed E-state index contributed by atoms with van der Waals surface area (Å²) in [5, 5.41) is 7.20. The molecule has 1 saturated heterocycles. The molecule has 0 unspecified atom stereocenters. The Morgan fingerprint density at radius 2 is 1.93 bits per heavy atom. The van der Waals surface area contributed by atoms with Gasteiger partial charge in [-0.05, 0) is 30.4 Å². The first-order valence-corrected chi connectivity index (χ1v) is 9.59. The maximum absolute atomic E-state index is 11.8. The number of hydrogen-bond donors (Lipinski definition) is 2. The van der Waals surface area contributed by atoms with Crippen molar-refractivity contribution < 1.29 is 9.53 Å². The number of hydrogen-bond acceptors (Lipinski definition) is 6. The van der Waals surface area contributed by atoms with Gasteiger partial charge in [-0.25, -0.2) is 9.97 Å². The van der Waals surface area contributed by atoms with E-state index in [2.05, 4.69) is 20.9 Å². The zero-order valence-electron chi connectivity index (χ0n) is 16.2. The summed E-state index contributed by atoms with van der Waals surface area (Å²) in [5.74, 6) is 0.662. The first-order chi connectivity index (χ1) is 13.5. The van der Waals surface area contributed by atoms with Crippen molar-refractivity contribution in [2.45, 2.75) is 45.6 Å². The summed E-state index contributed by atoms with van der Waals surface area (Å²) < 4.78 is 5.41. The number of carbonyl (C=O) groups excluding carboxylic acids is 1. The third kappa shape index (κ3) is 6.35. The van der Waals surface area contributed by atoms with Gasteiger partial charge in [0.1, 0.15) is 5.78 Å². The highest BCUT2D eigenvalue weighted by atomic mass is 16.5. The van der Waals surface area contributed by atoms with E-state index in [0.717, 1.165) is 48.6 Å². The normalized spacial score (nSPS) is 14.3. The van der Waals surface area contributed by atoms with Gasteiger partial charge in [-0.2, -0.15) is 0 Å². The SMILES string of the molecule is C.COC1CCN(c2ncc(-c3cccc(CCC(=O)CC(=N)N)c3)cn2)CC1. The molecule has 1 aliphatic rings. The van der Waals surface area contributed by atoms with Gasteiger partial charge in [0.25, 0.3) is 0 Å².